The summed E-state index contributed by atoms with van der Waals surface area (Å²) < 4.78 is 1.72. The molecule has 0 N–H and O–H groups in total. The molecule has 0 saturated carbocycles. The zero-order valence-electron chi connectivity index (χ0n) is 17.3. The van der Waals surface area contributed by atoms with Crippen LogP contribution in [0.1, 0.15) is 64.1 Å². The minimum Gasteiger partial charge on any atom is -0.337 e. The van der Waals surface area contributed by atoms with Crippen molar-refractivity contribution in [2.24, 2.45) is 0 Å². The van der Waals surface area contributed by atoms with E-state index in [2.05, 4.69) is 17.2 Å². The Labute approximate surface area is 171 Å². The average molecular weight is 396 g/mol. The van der Waals surface area contributed by atoms with E-state index in [9.17, 15) is 9.59 Å². The molecule has 7 nitrogen and oxygen atoms in total. The van der Waals surface area contributed by atoms with E-state index >= 15 is 0 Å². The highest BCUT2D eigenvalue weighted by Gasteiger charge is 2.30. The lowest BCUT2D eigenvalue weighted by Gasteiger charge is -2.25. The summed E-state index contributed by atoms with van der Waals surface area (Å²) in [5, 5.41) is 8.27. The van der Waals surface area contributed by atoms with Crippen LogP contribution in [0.3, 0.4) is 0 Å². The van der Waals surface area contributed by atoms with Gasteiger partial charge in [0.05, 0.1) is 18.8 Å². The molecule has 29 heavy (non-hydrogen) atoms. The Balaban J connectivity index is 1.43. The first-order valence-electron chi connectivity index (χ1n) is 10.6. The molecular weight excluding hydrogens is 366 g/mol. The molecule has 1 aromatic carbocycles. The lowest BCUT2D eigenvalue weighted by Crippen LogP contribution is -2.38. The maximum Gasteiger partial charge on any atom is 0.276 e. The van der Waals surface area contributed by atoms with Gasteiger partial charge in [0.15, 0.2) is 5.69 Å². The van der Waals surface area contributed by atoms with Crippen molar-refractivity contribution in [3.05, 3.63) is 46.8 Å². The molecule has 2 fully saturated rings. The monoisotopic (exact) mass is 395 g/mol. The average Bonchev–Trinajstić information content (AvgIpc) is 3.40. The van der Waals surface area contributed by atoms with Crippen LogP contribution < -0.4 is 0 Å². The van der Waals surface area contributed by atoms with Crippen LogP contribution >= 0.6 is 0 Å². The SMILES string of the molecule is Cc1ccc(C(=O)N2CCC[C@H]2Cn2cc(C(=O)N3CCCCC3)nn2)cc1C. The van der Waals surface area contributed by atoms with Crippen molar-refractivity contribution in [1.29, 1.82) is 0 Å². The van der Waals surface area contributed by atoms with Crippen LogP contribution in [0.5, 0.6) is 0 Å². The zero-order chi connectivity index (χ0) is 20.4. The van der Waals surface area contributed by atoms with Crippen LogP contribution in [-0.2, 0) is 6.54 Å². The number of carbonyl (C=O) groups excluding carboxylic acids is 2. The van der Waals surface area contributed by atoms with Gasteiger partial charge in [-0.15, -0.1) is 5.10 Å². The number of aryl methyl sites for hydroxylation is 2. The number of hydrogen-bond donors (Lipinski definition) is 0. The Hall–Kier alpha value is -2.70. The van der Waals surface area contributed by atoms with E-state index in [1.54, 1.807) is 10.9 Å². The molecule has 0 bridgehead atoms. The molecule has 2 saturated heterocycles. The second kappa shape index (κ2) is 8.35. The van der Waals surface area contributed by atoms with E-state index in [0.717, 1.165) is 56.4 Å². The van der Waals surface area contributed by atoms with Crippen LogP contribution in [-0.4, -0.2) is 62.3 Å². The number of hydrogen-bond acceptors (Lipinski definition) is 4. The van der Waals surface area contributed by atoms with Crippen LogP contribution in [0.15, 0.2) is 24.4 Å². The largest absolute Gasteiger partial charge is 0.337 e. The fourth-order valence-electron chi connectivity index (χ4n) is 4.29. The first-order valence-corrected chi connectivity index (χ1v) is 10.6. The fraction of sp³-hybridized carbons (Fsp3) is 0.545. The first kappa shape index (κ1) is 19.6. The summed E-state index contributed by atoms with van der Waals surface area (Å²) in [6, 6.07) is 5.95. The lowest BCUT2D eigenvalue weighted by atomic mass is 10.1. The number of carbonyl (C=O) groups is 2. The number of piperidine rings is 1. The van der Waals surface area contributed by atoms with Crippen LogP contribution in [0, 0.1) is 13.8 Å². The van der Waals surface area contributed by atoms with Crippen molar-refractivity contribution >= 4 is 11.8 Å². The second-order valence-corrected chi connectivity index (χ2v) is 8.27. The Bertz CT molecular complexity index is 900. The van der Waals surface area contributed by atoms with Gasteiger partial charge in [0.2, 0.25) is 0 Å². The van der Waals surface area contributed by atoms with Crippen LogP contribution in [0.2, 0.25) is 0 Å². The quantitative estimate of drug-likeness (QED) is 0.798. The van der Waals surface area contributed by atoms with E-state index in [-0.39, 0.29) is 17.9 Å². The molecule has 4 rings (SSSR count). The third-order valence-corrected chi connectivity index (χ3v) is 6.19. The van der Waals surface area contributed by atoms with E-state index in [1.807, 2.05) is 34.9 Å². The standard InChI is InChI=1S/C22H29N5O2/c1-16-8-9-18(13-17(16)2)21(28)27-12-6-7-19(27)14-26-15-20(23-24-26)22(29)25-10-4-3-5-11-25/h8-9,13,15,19H,3-7,10-12,14H2,1-2H3/t19-/m0/s1. The van der Waals surface area contributed by atoms with E-state index < -0.39 is 0 Å². The number of benzene rings is 1. The highest BCUT2D eigenvalue weighted by atomic mass is 16.2. The summed E-state index contributed by atoms with van der Waals surface area (Å²) in [4.78, 5) is 29.5. The molecule has 0 unspecified atom stereocenters. The third kappa shape index (κ3) is 4.18. The molecule has 1 aromatic heterocycles. The van der Waals surface area contributed by atoms with Crippen molar-refractivity contribution in [2.75, 3.05) is 19.6 Å². The maximum absolute atomic E-state index is 13.1. The van der Waals surface area contributed by atoms with Crippen molar-refractivity contribution < 1.29 is 9.59 Å². The molecule has 2 aliphatic rings. The van der Waals surface area contributed by atoms with Gasteiger partial charge in [0.25, 0.3) is 11.8 Å². The number of amides is 2. The topological polar surface area (TPSA) is 71.3 Å². The van der Waals surface area contributed by atoms with Gasteiger partial charge < -0.3 is 9.80 Å². The van der Waals surface area contributed by atoms with Crippen LogP contribution in [0.4, 0.5) is 0 Å². The molecular formula is C22H29N5O2. The minimum absolute atomic E-state index is 0.0366. The van der Waals surface area contributed by atoms with E-state index in [4.69, 9.17) is 0 Å². The van der Waals surface area contributed by atoms with Gasteiger partial charge in [0, 0.05) is 25.2 Å². The van der Waals surface area contributed by atoms with Gasteiger partial charge >= 0.3 is 0 Å². The van der Waals surface area contributed by atoms with Gasteiger partial charge in [0.1, 0.15) is 0 Å². The molecule has 0 radical (unpaired) electrons. The molecule has 2 amide bonds. The van der Waals surface area contributed by atoms with E-state index in [0.29, 0.717) is 12.2 Å². The summed E-state index contributed by atoms with van der Waals surface area (Å²) in [6.07, 6.45) is 6.94. The van der Waals surface area contributed by atoms with Gasteiger partial charge in [-0.3, -0.25) is 9.59 Å². The zero-order valence-corrected chi connectivity index (χ0v) is 17.3. The highest BCUT2D eigenvalue weighted by Crippen LogP contribution is 2.22. The van der Waals surface area contributed by atoms with Crippen molar-refractivity contribution in [2.45, 2.75) is 58.5 Å². The Kier molecular flexibility index (Phi) is 5.65. The molecule has 7 heteroatoms. The Morgan fingerprint density at radius 1 is 1.00 bits per heavy atom. The lowest BCUT2D eigenvalue weighted by molar-refractivity contribution is 0.0710. The summed E-state index contributed by atoms with van der Waals surface area (Å²) in [6.45, 7) is 7.00. The van der Waals surface area contributed by atoms with Gasteiger partial charge in [-0.2, -0.15) is 0 Å². The van der Waals surface area contributed by atoms with Crippen molar-refractivity contribution in [3.63, 3.8) is 0 Å². The Morgan fingerprint density at radius 2 is 1.79 bits per heavy atom. The molecule has 0 spiro atoms. The molecule has 154 valence electrons. The summed E-state index contributed by atoms with van der Waals surface area (Å²) in [5.74, 6) is 0.0331. The van der Waals surface area contributed by atoms with Crippen LogP contribution in [0.25, 0.3) is 0 Å². The molecule has 0 aliphatic carbocycles. The normalized spacial score (nSPS) is 19.6. The number of nitrogens with zero attached hydrogens (tertiary/aromatic N) is 5. The van der Waals surface area contributed by atoms with Crippen molar-refractivity contribution in [3.8, 4) is 0 Å². The second-order valence-electron chi connectivity index (χ2n) is 8.27. The van der Waals surface area contributed by atoms with Gasteiger partial charge in [-0.25, -0.2) is 4.68 Å². The molecule has 2 aromatic rings. The predicted molar refractivity (Wildman–Crippen MR) is 110 cm³/mol. The Morgan fingerprint density at radius 3 is 2.55 bits per heavy atom. The predicted octanol–water partition coefficient (Wildman–Crippen LogP) is 2.83. The van der Waals surface area contributed by atoms with Crippen molar-refractivity contribution in [1.82, 2.24) is 24.8 Å². The van der Waals surface area contributed by atoms with Gasteiger partial charge in [-0.1, -0.05) is 11.3 Å². The third-order valence-electron chi connectivity index (χ3n) is 6.19. The van der Waals surface area contributed by atoms with Gasteiger partial charge in [-0.05, 0) is 69.2 Å². The minimum atomic E-state index is -0.0366. The molecule has 1 atom stereocenters. The molecule has 3 heterocycles. The maximum atomic E-state index is 13.1. The highest BCUT2D eigenvalue weighted by molar-refractivity contribution is 5.95. The summed E-state index contributed by atoms with van der Waals surface area (Å²) >= 11 is 0. The first-order chi connectivity index (χ1) is 14.0. The number of rotatable bonds is 4. The summed E-state index contributed by atoms with van der Waals surface area (Å²) in [7, 11) is 0. The number of aromatic nitrogens is 3. The smallest absolute Gasteiger partial charge is 0.276 e. The van der Waals surface area contributed by atoms with E-state index in [1.165, 1.54) is 12.0 Å². The molecule has 2 aliphatic heterocycles. The fourth-order valence-corrected chi connectivity index (χ4v) is 4.29. The number of likely N-dealkylation sites (tertiary alicyclic amines) is 2. The summed E-state index contributed by atoms with van der Waals surface area (Å²) in [5.41, 5.74) is 3.45.